The second-order valence-electron chi connectivity index (χ2n) is 20.5. The topological polar surface area (TPSA) is 312 Å². The number of rotatable bonds is 22. The molecular weight excluding hydrogens is 1510 g/mol. The molecule has 9 aromatic rings. The smallest absolute Gasteiger partial charge is 0.384 e. The van der Waals surface area contributed by atoms with Crippen LogP contribution in [0.1, 0.15) is 113 Å². The van der Waals surface area contributed by atoms with Gasteiger partial charge in [0.15, 0.2) is 0 Å². The third-order valence-corrected chi connectivity index (χ3v) is 14.3. The van der Waals surface area contributed by atoms with Crippen LogP contribution >= 0.6 is 69.6 Å². The fourth-order valence-electron chi connectivity index (χ4n) is 7.08. The number of methoxy groups -OCH3 is 10. The number of aromatic nitrogens is 10. The summed E-state index contributed by atoms with van der Waals surface area (Å²) in [6.07, 6.45) is 17.2. The van der Waals surface area contributed by atoms with Gasteiger partial charge in [0.05, 0.1) is 74.6 Å². The van der Waals surface area contributed by atoms with Gasteiger partial charge in [-0.05, 0) is 91.6 Å². The zero-order chi connectivity index (χ0) is 79.5. The minimum absolute atomic E-state index is 0.00778. The average Bonchev–Trinajstić information content (AvgIpc) is 0.961. The summed E-state index contributed by atoms with van der Waals surface area (Å²) in [5.41, 5.74) is 8.12. The lowest BCUT2D eigenvalue weighted by atomic mass is 10.2. The molecule has 25 nitrogen and oxygen atoms in total. The molecule has 34 heteroatoms. The lowest BCUT2D eigenvalue weighted by molar-refractivity contribution is -0.480. The molecule has 9 heterocycles. The molecule has 0 N–H and O–H groups in total. The fraction of sp³-hybridized carbons (Fsp3) is 0.361. The molecule has 0 amide bonds. The Morgan fingerprint density at radius 2 is 1.03 bits per heavy atom. The number of halogens is 9. The molecule has 0 saturated heterocycles. The van der Waals surface area contributed by atoms with Gasteiger partial charge in [0.25, 0.3) is 0 Å². The number of nitrogens with zero attached hydrogens (tertiary/aromatic N) is 13. The highest BCUT2D eigenvalue weighted by atomic mass is 35.5. The fourth-order valence-corrected chi connectivity index (χ4v) is 8.15. The molecule has 0 aliphatic carbocycles. The van der Waals surface area contributed by atoms with Gasteiger partial charge in [-0.1, -0.05) is 99.9 Å². The largest absolute Gasteiger partial charge is 0.433 e. The molecule has 3 atom stereocenters. The summed E-state index contributed by atoms with van der Waals surface area (Å²) in [6.45, 7) is 9.12. The molecule has 574 valence electrons. The van der Waals surface area contributed by atoms with Crippen molar-refractivity contribution in [2.75, 3.05) is 84.2 Å². The van der Waals surface area contributed by atoms with E-state index in [1.165, 1.54) is 26.6 Å². The minimum Gasteiger partial charge on any atom is -0.384 e. The molecular formula is C72H86Cl6F3N13O12. The zero-order valence-electron chi connectivity index (χ0n) is 60.7. The predicted octanol–water partition coefficient (Wildman–Crippen LogP) is 17.1. The predicted molar refractivity (Wildman–Crippen MR) is 399 cm³/mol. The van der Waals surface area contributed by atoms with Crippen LogP contribution in [0.4, 0.5) is 13.2 Å². The van der Waals surface area contributed by atoms with E-state index in [4.69, 9.17) is 123 Å². The quantitative estimate of drug-likeness (QED) is 0.0200. The number of hydrogen-bond acceptors (Lipinski definition) is 24. The molecule has 106 heavy (non-hydrogen) atoms. The van der Waals surface area contributed by atoms with E-state index in [0.717, 1.165) is 56.8 Å². The van der Waals surface area contributed by atoms with E-state index >= 15 is 0 Å². The van der Waals surface area contributed by atoms with Gasteiger partial charge in [0.2, 0.25) is 6.54 Å². The van der Waals surface area contributed by atoms with Crippen LogP contribution in [0.3, 0.4) is 0 Å². The SMILES string of the molecule is COC(C)c1ccc(Cl)nc1.COC(C)c1cncc(Cl)c1.COC(C)c1cnccc1Cl.COCCC[N+](=O)[O-].COCc1ccc(C#N)nc1.COCc1ccc(C(F)(F)F)nc1.COCc1cccnc1C#N.COCc1cccnc1Cl.COCc1cncc(Cl)c1.COCc1cncnc1Cl. The second-order valence-corrected chi connectivity index (χ2v) is 22.9. The Labute approximate surface area is 646 Å². The number of nitro groups is 1. The molecule has 0 saturated carbocycles. The highest BCUT2D eigenvalue weighted by molar-refractivity contribution is 6.32. The normalized spacial score (nSPS) is 10.8. The average molecular weight is 1600 g/mol. The van der Waals surface area contributed by atoms with Crippen LogP contribution < -0.4 is 0 Å². The molecule has 0 fully saturated rings. The van der Waals surface area contributed by atoms with Crippen molar-refractivity contribution < 1.29 is 65.5 Å². The highest BCUT2D eigenvalue weighted by Crippen LogP contribution is 2.28. The molecule has 0 bridgehead atoms. The van der Waals surface area contributed by atoms with Crippen molar-refractivity contribution in [1.82, 2.24) is 49.8 Å². The van der Waals surface area contributed by atoms with Crippen LogP contribution in [0.15, 0.2) is 160 Å². The Morgan fingerprint density at radius 1 is 0.481 bits per heavy atom. The van der Waals surface area contributed by atoms with Crippen molar-refractivity contribution in [3.05, 3.63) is 267 Å². The van der Waals surface area contributed by atoms with E-state index in [-0.39, 0.29) is 36.4 Å². The summed E-state index contributed by atoms with van der Waals surface area (Å²) in [4.78, 5) is 47.4. The van der Waals surface area contributed by atoms with Gasteiger partial charge < -0.3 is 47.4 Å². The monoisotopic (exact) mass is 1590 g/mol. The molecule has 0 radical (unpaired) electrons. The van der Waals surface area contributed by atoms with Crippen LogP contribution in [-0.4, -0.2) is 139 Å². The maximum absolute atomic E-state index is 12.0. The molecule has 9 aromatic heterocycles. The van der Waals surface area contributed by atoms with Gasteiger partial charge in [-0.3, -0.25) is 30.1 Å². The number of nitriles is 2. The zero-order valence-corrected chi connectivity index (χ0v) is 65.3. The van der Waals surface area contributed by atoms with E-state index in [1.54, 1.807) is 149 Å². The van der Waals surface area contributed by atoms with Crippen molar-refractivity contribution in [1.29, 1.82) is 10.5 Å². The van der Waals surface area contributed by atoms with E-state index in [0.29, 0.717) is 93.5 Å². The summed E-state index contributed by atoms with van der Waals surface area (Å²) < 4.78 is 85.0. The van der Waals surface area contributed by atoms with E-state index in [2.05, 4.69) is 54.6 Å². The number of hydrogen-bond donors (Lipinski definition) is 0. The maximum Gasteiger partial charge on any atom is 0.433 e. The van der Waals surface area contributed by atoms with Crippen molar-refractivity contribution in [3.8, 4) is 12.1 Å². The Hall–Kier alpha value is -8.21. The third-order valence-electron chi connectivity index (χ3n) is 12.6. The standard InChI is InChI=1S/3C8H10ClNO.C8H8F3NO.2C8H8N2O.2C7H8ClNO.C6H7ClN2O.C4H9NO3/c1-6(11-2)7-3-8(9)5-10-4-7;1-6(11-2)7-5-10-4-3-8(7)9;1-6(11-2)7-3-4-8(9)10-5-7;1-13-5-6-2-3-7(12-4-6)8(9,10)11;1-11-6-7-2-3-8(4-9)10-5-7;1-11-6-7-3-2-4-10-8(7)5-9;1-10-5-6-2-7(8)4-9-3-6;1-10-5-6-3-2-4-9-7(6)8;1-10-3-5-2-8-4-9-6(5)7;1-8-4-2-3-5(6)7/h3*3-6H,1-2H3;2-4H,5H2,1H3;2-3,5H,6H2,1H3;2-4H,6H2,1H3;2*2-4H,5H2,1H3;2,4H,3H2,1H3;2-4H2,1H3. The van der Waals surface area contributed by atoms with Crippen LogP contribution in [-0.2, 0) is 93.2 Å². The van der Waals surface area contributed by atoms with Gasteiger partial charge in [0.1, 0.15) is 51.0 Å². The minimum atomic E-state index is -4.37. The molecule has 0 aliphatic rings. The summed E-state index contributed by atoms with van der Waals surface area (Å²) in [5.74, 6) is 0. The Morgan fingerprint density at radius 3 is 1.51 bits per heavy atom. The molecule has 9 rings (SSSR count). The first-order valence-electron chi connectivity index (χ1n) is 31.1. The van der Waals surface area contributed by atoms with E-state index in [1.807, 2.05) is 75.4 Å². The van der Waals surface area contributed by atoms with Crippen LogP contribution in [0.2, 0.25) is 30.5 Å². The summed E-state index contributed by atoms with van der Waals surface area (Å²) in [5, 5.41) is 30.1. The number of ether oxygens (including phenoxy) is 10. The first-order valence-corrected chi connectivity index (χ1v) is 33.4. The lowest BCUT2D eigenvalue weighted by Gasteiger charge is -2.09. The van der Waals surface area contributed by atoms with Crippen molar-refractivity contribution in [2.45, 2.75) is 91.3 Å². The van der Waals surface area contributed by atoms with Crippen LogP contribution in [0, 0.1) is 32.8 Å². The number of alkyl halides is 3. The Kier molecular flexibility index (Phi) is 56.2. The van der Waals surface area contributed by atoms with Crippen molar-refractivity contribution in [3.63, 3.8) is 0 Å². The lowest BCUT2D eigenvalue weighted by Crippen LogP contribution is -2.07. The van der Waals surface area contributed by atoms with E-state index in [9.17, 15) is 23.3 Å². The molecule has 0 aromatic carbocycles. The Bertz CT molecular complexity index is 3820. The molecule has 0 aliphatic heterocycles. The van der Waals surface area contributed by atoms with Crippen LogP contribution in [0.25, 0.3) is 0 Å². The summed E-state index contributed by atoms with van der Waals surface area (Å²) >= 11 is 34.3. The van der Waals surface area contributed by atoms with Gasteiger partial charge in [-0.2, -0.15) is 23.7 Å². The van der Waals surface area contributed by atoms with Crippen molar-refractivity contribution >= 4 is 69.6 Å². The van der Waals surface area contributed by atoms with Gasteiger partial charge in [-0.25, -0.2) is 29.9 Å². The molecule has 0 spiro atoms. The summed E-state index contributed by atoms with van der Waals surface area (Å²) in [6, 6.07) is 26.2. The van der Waals surface area contributed by atoms with Gasteiger partial charge in [-0.15, -0.1) is 0 Å². The Balaban J connectivity index is 0.00000116. The second kappa shape index (κ2) is 60.9. The first-order chi connectivity index (χ1) is 50.8. The molecule has 3 unspecified atom stereocenters. The highest BCUT2D eigenvalue weighted by Gasteiger charge is 2.32. The van der Waals surface area contributed by atoms with Crippen molar-refractivity contribution in [2.24, 2.45) is 0 Å². The summed E-state index contributed by atoms with van der Waals surface area (Å²) in [7, 11) is 16.1. The van der Waals surface area contributed by atoms with Gasteiger partial charge >= 0.3 is 6.18 Å². The third kappa shape index (κ3) is 46.0. The number of pyridine rings is 8. The van der Waals surface area contributed by atoms with Gasteiger partial charge in [0, 0.05) is 190 Å². The van der Waals surface area contributed by atoms with E-state index < -0.39 is 11.9 Å². The van der Waals surface area contributed by atoms with Crippen LogP contribution in [0.5, 0.6) is 0 Å². The maximum atomic E-state index is 12.0. The first kappa shape index (κ1) is 97.8.